The number of hydrogen-bond donors (Lipinski definition) is 1. The van der Waals surface area contributed by atoms with Crippen molar-refractivity contribution in [1.82, 2.24) is 4.90 Å². The minimum atomic E-state index is 0.122. The van der Waals surface area contributed by atoms with Crippen LogP contribution in [0.25, 0.3) is 0 Å². The zero-order chi connectivity index (χ0) is 14.5. The number of nitrogens with one attached hydrogen (secondary N) is 1. The number of anilines is 1. The van der Waals surface area contributed by atoms with Gasteiger partial charge in [0.1, 0.15) is 0 Å². The zero-order valence-electron chi connectivity index (χ0n) is 12.9. The lowest BCUT2D eigenvalue weighted by atomic mass is 10.0. The van der Waals surface area contributed by atoms with E-state index in [0.29, 0.717) is 6.42 Å². The first kappa shape index (κ1) is 15.0. The number of rotatable bonds is 4. The highest BCUT2D eigenvalue weighted by molar-refractivity contribution is 5.91. The summed E-state index contributed by atoms with van der Waals surface area (Å²) in [5, 5.41) is 3.04. The van der Waals surface area contributed by atoms with Gasteiger partial charge in [-0.1, -0.05) is 19.1 Å². The molecular weight excluding hydrogens is 248 g/mol. The largest absolute Gasteiger partial charge is 0.326 e. The van der Waals surface area contributed by atoms with Crippen LogP contribution in [0.5, 0.6) is 0 Å². The first-order valence-corrected chi connectivity index (χ1v) is 7.64. The van der Waals surface area contributed by atoms with Gasteiger partial charge in [0.25, 0.3) is 0 Å². The van der Waals surface area contributed by atoms with E-state index in [1.165, 1.54) is 18.4 Å². The van der Waals surface area contributed by atoms with Crippen LogP contribution in [-0.2, 0) is 4.79 Å². The quantitative estimate of drug-likeness (QED) is 0.913. The predicted molar refractivity (Wildman–Crippen MR) is 84.0 cm³/mol. The minimum absolute atomic E-state index is 0.122. The number of likely N-dealkylation sites (tertiary alicyclic amines) is 1. The van der Waals surface area contributed by atoms with Crippen molar-refractivity contribution in [2.75, 3.05) is 25.0 Å². The summed E-state index contributed by atoms with van der Waals surface area (Å²) in [5.41, 5.74) is 3.24. The summed E-state index contributed by atoms with van der Waals surface area (Å²) in [6, 6.07) is 6.16. The molecule has 0 aliphatic carbocycles. The summed E-state index contributed by atoms with van der Waals surface area (Å²) in [7, 11) is 0. The molecule has 20 heavy (non-hydrogen) atoms. The van der Waals surface area contributed by atoms with E-state index in [1.807, 2.05) is 19.9 Å². The van der Waals surface area contributed by atoms with Gasteiger partial charge in [-0.05, 0) is 56.3 Å². The maximum Gasteiger partial charge on any atom is 0.225 e. The fraction of sp³-hybridized carbons (Fsp3) is 0.588. The van der Waals surface area contributed by atoms with Crippen LogP contribution in [0.3, 0.4) is 0 Å². The fourth-order valence-corrected chi connectivity index (χ4v) is 2.83. The minimum Gasteiger partial charge on any atom is -0.326 e. The standard InChI is InChI=1S/C17H26N2O/c1-13-6-7-15(3)16(11-13)18-17(20)8-10-19-9-4-5-14(2)12-19/h6-7,11,14H,4-5,8-10,12H2,1-3H3,(H,18,20)/t14-/m0/s1. The van der Waals surface area contributed by atoms with Crippen LogP contribution >= 0.6 is 0 Å². The normalized spacial score (nSPS) is 19.9. The van der Waals surface area contributed by atoms with E-state index in [9.17, 15) is 4.79 Å². The molecule has 1 amide bonds. The molecule has 0 aromatic heterocycles. The van der Waals surface area contributed by atoms with Crippen molar-refractivity contribution in [3.8, 4) is 0 Å². The van der Waals surface area contributed by atoms with Crippen molar-refractivity contribution < 1.29 is 4.79 Å². The fourth-order valence-electron chi connectivity index (χ4n) is 2.83. The molecule has 1 fully saturated rings. The molecule has 110 valence electrons. The highest BCUT2D eigenvalue weighted by atomic mass is 16.1. The molecule has 0 radical (unpaired) electrons. The summed E-state index contributed by atoms with van der Waals surface area (Å²) < 4.78 is 0. The van der Waals surface area contributed by atoms with Crippen molar-refractivity contribution in [3.05, 3.63) is 29.3 Å². The molecule has 1 aliphatic rings. The lowest BCUT2D eigenvalue weighted by Gasteiger charge is -2.30. The Balaban J connectivity index is 1.82. The van der Waals surface area contributed by atoms with Crippen LogP contribution in [-0.4, -0.2) is 30.4 Å². The van der Waals surface area contributed by atoms with E-state index < -0.39 is 0 Å². The average Bonchev–Trinajstić information content (AvgIpc) is 2.41. The van der Waals surface area contributed by atoms with Gasteiger partial charge < -0.3 is 10.2 Å². The Labute approximate surface area is 122 Å². The number of carbonyl (C=O) groups excluding carboxylic acids is 1. The van der Waals surface area contributed by atoms with Crippen molar-refractivity contribution in [3.63, 3.8) is 0 Å². The predicted octanol–water partition coefficient (Wildman–Crippen LogP) is 3.36. The molecule has 0 bridgehead atoms. The van der Waals surface area contributed by atoms with Crippen LogP contribution in [0.15, 0.2) is 18.2 Å². The molecule has 0 saturated carbocycles. The van der Waals surface area contributed by atoms with Gasteiger partial charge >= 0.3 is 0 Å². The summed E-state index contributed by atoms with van der Waals surface area (Å²) in [6.45, 7) is 9.52. The molecule has 1 aliphatic heterocycles. The van der Waals surface area contributed by atoms with Gasteiger partial charge in [-0.3, -0.25) is 4.79 Å². The number of benzene rings is 1. The Morgan fingerprint density at radius 2 is 2.20 bits per heavy atom. The highest BCUT2D eigenvalue weighted by Crippen LogP contribution is 2.18. The van der Waals surface area contributed by atoms with Crippen molar-refractivity contribution in [2.45, 2.75) is 40.0 Å². The second-order valence-electron chi connectivity index (χ2n) is 6.16. The molecule has 1 heterocycles. The van der Waals surface area contributed by atoms with E-state index in [4.69, 9.17) is 0 Å². The molecule has 1 saturated heterocycles. The van der Waals surface area contributed by atoms with Crippen molar-refractivity contribution in [2.24, 2.45) is 5.92 Å². The van der Waals surface area contributed by atoms with E-state index in [2.05, 4.69) is 29.3 Å². The Morgan fingerprint density at radius 1 is 1.40 bits per heavy atom. The van der Waals surface area contributed by atoms with E-state index in [-0.39, 0.29) is 5.91 Å². The molecule has 0 spiro atoms. The number of amides is 1. The first-order valence-electron chi connectivity index (χ1n) is 7.64. The molecule has 3 nitrogen and oxygen atoms in total. The van der Waals surface area contributed by atoms with Gasteiger partial charge in [-0.2, -0.15) is 0 Å². The Hall–Kier alpha value is -1.35. The molecular formula is C17H26N2O. The van der Waals surface area contributed by atoms with Crippen LogP contribution in [0.2, 0.25) is 0 Å². The number of hydrogen-bond acceptors (Lipinski definition) is 2. The highest BCUT2D eigenvalue weighted by Gasteiger charge is 2.16. The Morgan fingerprint density at radius 3 is 2.95 bits per heavy atom. The van der Waals surface area contributed by atoms with Crippen molar-refractivity contribution >= 4 is 11.6 Å². The van der Waals surface area contributed by atoms with Gasteiger partial charge in [0.2, 0.25) is 5.91 Å². The molecule has 2 rings (SSSR count). The maximum absolute atomic E-state index is 12.1. The second kappa shape index (κ2) is 6.89. The van der Waals surface area contributed by atoms with Gasteiger partial charge in [0, 0.05) is 25.2 Å². The zero-order valence-corrected chi connectivity index (χ0v) is 12.9. The third-order valence-corrected chi connectivity index (χ3v) is 4.06. The SMILES string of the molecule is Cc1ccc(C)c(NC(=O)CCN2CCC[C@H](C)C2)c1. The van der Waals surface area contributed by atoms with Crippen molar-refractivity contribution in [1.29, 1.82) is 0 Å². The second-order valence-corrected chi connectivity index (χ2v) is 6.16. The summed E-state index contributed by atoms with van der Waals surface area (Å²) in [5.74, 6) is 0.891. The number of carbonyl (C=O) groups is 1. The molecule has 1 aromatic carbocycles. The molecule has 1 aromatic rings. The smallest absolute Gasteiger partial charge is 0.225 e. The van der Waals surface area contributed by atoms with E-state index >= 15 is 0 Å². The topological polar surface area (TPSA) is 32.3 Å². The lowest BCUT2D eigenvalue weighted by molar-refractivity contribution is -0.116. The third-order valence-electron chi connectivity index (χ3n) is 4.06. The first-order chi connectivity index (χ1) is 9.54. The lowest BCUT2D eigenvalue weighted by Crippen LogP contribution is -2.36. The van der Waals surface area contributed by atoms with Gasteiger partial charge in [-0.25, -0.2) is 0 Å². The van der Waals surface area contributed by atoms with Gasteiger partial charge in [0.15, 0.2) is 0 Å². The molecule has 1 atom stereocenters. The van der Waals surface area contributed by atoms with Gasteiger partial charge in [-0.15, -0.1) is 0 Å². The summed E-state index contributed by atoms with van der Waals surface area (Å²) >= 11 is 0. The Kier molecular flexibility index (Phi) is 5.18. The third kappa shape index (κ3) is 4.34. The molecule has 1 N–H and O–H groups in total. The maximum atomic E-state index is 12.1. The number of nitrogens with zero attached hydrogens (tertiary/aromatic N) is 1. The van der Waals surface area contributed by atoms with E-state index in [1.54, 1.807) is 0 Å². The van der Waals surface area contributed by atoms with Crippen LogP contribution in [0.4, 0.5) is 5.69 Å². The van der Waals surface area contributed by atoms with Crippen LogP contribution < -0.4 is 5.32 Å². The molecule has 0 unspecified atom stereocenters. The summed E-state index contributed by atoms with van der Waals surface area (Å²) in [6.07, 6.45) is 3.17. The van der Waals surface area contributed by atoms with E-state index in [0.717, 1.165) is 36.8 Å². The number of aryl methyl sites for hydroxylation is 2. The Bertz CT molecular complexity index is 470. The molecule has 3 heteroatoms. The van der Waals surface area contributed by atoms with Crippen LogP contribution in [0.1, 0.15) is 37.3 Å². The van der Waals surface area contributed by atoms with Gasteiger partial charge in [0.05, 0.1) is 0 Å². The number of piperidine rings is 1. The average molecular weight is 274 g/mol. The van der Waals surface area contributed by atoms with Crippen LogP contribution in [0, 0.1) is 19.8 Å². The monoisotopic (exact) mass is 274 g/mol. The summed E-state index contributed by atoms with van der Waals surface area (Å²) in [4.78, 5) is 14.5.